The molecule has 2 aliphatic rings. The average Bonchev–Trinajstić information content (AvgIpc) is 3.71. The van der Waals surface area contributed by atoms with Gasteiger partial charge in [0.2, 0.25) is 0 Å². The van der Waals surface area contributed by atoms with Crippen molar-refractivity contribution in [3.8, 4) is 11.5 Å². The number of aliphatic hydroxyl groups is 1. The summed E-state index contributed by atoms with van der Waals surface area (Å²) in [5.41, 5.74) is 5.01. The fourth-order valence-corrected chi connectivity index (χ4v) is 9.14. The number of quaternary nitrogens is 1. The maximum Gasteiger partial charge on any atom is 0.268 e. The van der Waals surface area contributed by atoms with Gasteiger partial charge in [-0.1, -0.05) is 43.2 Å². The molecule has 0 spiro atoms. The Morgan fingerprint density at radius 3 is 2.48 bits per heavy atom. The molecule has 1 saturated heterocycles. The van der Waals surface area contributed by atoms with Gasteiger partial charge in [0.05, 0.1) is 22.8 Å². The van der Waals surface area contributed by atoms with Crippen LogP contribution in [0.3, 0.4) is 0 Å². The minimum absolute atomic E-state index is 0.0517. The van der Waals surface area contributed by atoms with Crippen LogP contribution in [0, 0.1) is 16.0 Å². The first kappa shape index (κ1) is 45.1. The van der Waals surface area contributed by atoms with E-state index < -0.39 is 31.1 Å². The van der Waals surface area contributed by atoms with Gasteiger partial charge in [0.25, 0.3) is 15.9 Å². The summed E-state index contributed by atoms with van der Waals surface area (Å²) in [4.78, 5) is 14.7. The Morgan fingerprint density at radius 1 is 0.968 bits per heavy atom. The summed E-state index contributed by atoms with van der Waals surface area (Å²) in [6.45, 7) is 7.62. The van der Waals surface area contributed by atoms with E-state index in [1.807, 2.05) is 30.3 Å². The lowest BCUT2D eigenvalue weighted by Crippen LogP contribution is -2.40. The Balaban J connectivity index is 1.07. The van der Waals surface area contributed by atoms with Crippen molar-refractivity contribution in [2.45, 2.75) is 50.8 Å². The van der Waals surface area contributed by atoms with Gasteiger partial charge in [0.15, 0.2) is 5.69 Å². The molecular formula is C46H55ClN6O8S. The smallest absolute Gasteiger partial charge is 0.268 e. The zero-order valence-electron chi connectivity index (χ0n) is 35.2. The molecule has 1 aromatic heterocycles. The van der Waals surface area contributed by atoms with Crippen molar-refractivity contribution in [3.05, 3.63) is 118 Å². The number of nitrogens with zero attached hydrogens (tertiary/aromatic N) is 1. The molecule has 7 N–H and O–H groups in total. The summed E-state index contributed by atoms with van der Waals surface area (Å²) in [6.07, 6.45) is 6.07. The Bertz CT molecular complexity index is 2530. The highest BCUT2D eigenvalue weighted by Gasteiger charge is 2.33. The van der Waals surface area contributed by atoms with Crippen molar-refractivity contribution in [1.29, 1.82) is 0 Å². The van der Waals surface area contributed by atoms with E-state index in [9.17, 15) is 28.7 Å². The van der Waals surface area contributed by atoms with E-state index in [0.717, 1.165) is 49.8 Å². The summed E-state index contributed by atoms with van der Waals surface area (Å²) in [7, 11) is -3.63. The lowest BCUT2D eigenvalue weighted by atomic mass is 9.72. The molecule has 1 fully saturated rings. The Labute approximate surface area is 367 Å². The molecule has 62 heavy (non-hydrogen) atoms. The molecule has 2 heterocycles. The predicted octanol–water partition coefficient (Wildman–Crippen LogP) is 8.42. The second-order valence-corrected chi connectivity index (χ2v) is 19.3. The molecule has 5 aromatic rings. The van der Waals surface area contributed by atoms with Gasteiger partial charge in [-0.25, -0.2) is 18.3 Å². The summed E-state index contributed by atoms with van der Waals surface area (Å²) in [5, 5.41) is 45.2. The molecule has 4 aromatic carbocycles. The Kier molecular flexibility index (Phi) is 13.7. The molecule has 7 rings (SSSR count). The summed E-state index contributed by atoms with van der Waals surface area (Å²) < 4.78 is 41.4. The molecular weight excluding hydrogens is 832 g/mol. The number of hydrogen-bond acceptors (Lipinski definition) is 11. The number of fused-ring (bicyclic) bond motifs is 1. The second-order valence-electron chi connectivity index (χ2n) is 17.2. The monoisotopic (exact) mass is 886 g/mol. The number of sulfonamides is 1. The van der Waals surface area contributed by atoms with Crippen LogP contribution in [0.25, 0.3) is 16.5 Å². The van der Waals surface area contributed by atoms with E-state index in [1.165, 1.54) is 34.9 Å². The van der Waals surface area contributed by atoms with Crippen LogP contribution < -0.4 is 30.2 Å². The predicted molar refractivity (Wildman–Crippen MR) is 244 cm³/mol. The minimum atomic E-state index is -4.58. The first-order valence-electron chi connectivity index (χ1n) is 20.8. The number of nitrogens with one attached hydrogen (secondary N) is 5. The summed E-state index contributed by atoms with van der Waals surface area (Å²) in [6, 6.07) is 23.8. The molecule has 1 atom stereocenters. The Hall–Kier alpha value is -4.97. The third-order valence-corrected chi connectivity index (χ3v) is 13.4. The molecule has 16 heteroatoms. The number of allylic oxidation sites excluding steroid dienone is 1. The largest absolute Gasteiger partial charge is 0.593 e. The van der Waals surface area contributed by atoms with Crippen LogP contribution in [-0.2, 0) is 14.8 Å². The fraction of sp³-hybridized carbons (Fsp3) is 0.370. The van der Waals surface area contributed by atoms with Gasteiger partial charge in [0.1, 0.15) is 18.5 Å². The van der Waals surface area contributed by atoms with Gasteiger partial charge in [0, 0.05) is 84.8 Å². The van der Waals surface area contributed by atoms with Crippen LogP contribution in [0.4, 0.5) is 17.1 Å². The van der Waals surface area contributed by atoms with Crippen LogP contribution in [0.1, 0.15) is 61.9 Å². The van der Waals surface area contributed by atoms with Crippen LogP contribution in [-0.4, -0.2) is 82.7 Å². The van der Waals surface area contributed by atoms with E-state index in [0.29, 0.717) is 55.6 Å². The van der Waals surface area contributed by atoms with E-state index in [4.69, 9.17) is 21.1 Å². The van der Waals surface area contributed by atoms with E-state index >= 15 is 0 Å². The number of aliphatic hydroxyl groups excluding tert-OH is 1. The maximum atomic E-state index is 13.9. The van der Waals surface area contributed by atoms with E-state index in [2.05, 4.69) is 51.6 Å². The lowest BCUT2D eigenvalue weighted by molar-refractivity contribution is -0.00948. The molecule has 1 aliphatic carbocycles. The Morgan fingerprint density at radius 2 is 1.74 bits per heavy atom. The summed E-state index contributed by atoms with van der Waals surface area (Å²) in [5.74, 6) is -0.425. The zero-order chi connectivity index (χ0) is 44.1. The second kappa shape index (κ2) is 18.8. The number of anilines is 2. The number of aromatic nitrogens is 1. The number of hydroxylamine groups is 2. The highest BCUT2D eigenvalue weighted by Crippen LogP contribution is 2.43. The molecule has 0 radical (unpaired) electrons. The summed E-state index contributed by atoms with van der Waals surface area (Å²) >= 11 is 6.19. The van der Waals surface area contributed by atoms with E-state index in [1.54, 1.807) is 24.4 Å². The van der Waals surface area contributed by atoms with Crippen LogP contribution in [0.5, 0.6) is 11.5 Å². The molecule has 1 unspecified atom stereocenters. The van der Waals surface area contributed by atoms with Crippen molar-refractivity contribution < 1.29 is 33.0 Å². The number of hydrogen-bond donors (Lipinski definition) is 7. The highest BCUT2D eigenvalue weighted by atomic mass is 35.5. The SMILES string of the molecule is CC1(C)CCC(CNCCNc2ccc(C(=O)NS(=O)(=O)c3ccc(NCC4(CO)CCOCC4)c([N+](C)([O-])O)c3)c(Oc3ccc4[nH]ccc4c3)c2)=C(c2ccc(Cl)cc2)C1. The highest BCUT2D eigenvalue weighted by molar-refractivity contribution is 7.90. The lowest BCUT2D eigenvalue weighted by Gasteiger charge is -2.36. The normalized spacial score (nSPS) is 17.3. The van der Waals surface area contributed by atoms with Crippen molar-refractivity contribution >= 4 is 61.1 Å². The van der Waals surface area contributed by atoms with Crippen LogP contribution >= 0.6 is 11.6 Å². The first-order valence-corrected chi connectivity index (χ1v) is 22.6. The molecule has 1 aliphatic heterocycles. The first-order chi connectivity index (χ1) is 29.5. The standard InChI is InChI=1S/C46H55ClN6O8S/c1-45(2)16-14-33(39(27-45)31-4-6-34(47)7-5-31)28-48-20-21-49-35-8-11-38(43(25-35)61-36-9-12-40-32(24-36)15-19-50-40)44(55)52-62(58,59)37-10-13-41(42(26-37)53(3,56)57)51-29-46(30-54)17-22-60-23-18-46/h4-13,15,19,24-26,48-51,54,56H,14,16-18,20-23,27-30H2,1-3H3,(H,52,55). The topological polar surface area (TPSA) is 197 Å². The number of rotatable bonds is 17. The van der Waals surface area contributed by atoms with Gasteiger partial charge in [-0.3, -0.25) is 4.79 Å². The van der Waals surface area contributed by atoms with Gasteiger partial charge >= 0.3 is 0 Å². The molecule has 0 saturated carbocycles. The molecule has 0 bridgehead atoms. The number of H-pyrrole nitrogens is 1. The van der Waals surface area contributed by atoms with Crippen molar-refractivity contribution in [3.63, 3.8) is 0 Å². The van der Waals surface area contributed by atoms with E-state index in [-0.39, 0.29) is 41.3 Å². The number of ether oxygens (including phenoxy) is 2. The van der Waals surface area contributed by atoms with Gasteiger partial charge in [-0.15, -0.1) is 0 Å². The number of carbonyl (C=O) groups excluding carboxylic acids is 1. The van der Waals surface area contributed by atoms with Crippen LogP contribution in [0.2, 0.25) is 5.02 Å². The third-order valence-electron chi connectivity index (χ3n) is 11.8. The third kappa shape index (κ3) is 11.0. The zero-order valence-corrected chi connectivity index (χ0v) is 36.8. The number of carbonyl (C=O) groups is 1. The van der Waals surface area contributed by atoms with Crippen molar-refractivity contribution in [2.75, 3.05) is 63.7 Å². The van der Waals surface area contributed by atoms with Gasteiger partial charge in [-0.05, 0) is 109 Å². The minimum Gasteiger partial charge on any atom is -0.593 e. The molecule has 330 valence electrons. The average molecular weight is 888 g/mol. The maximum absolute atomic E-state index is 13.9. The number of halogens is 1. The molecule has 14 nitrogen and oxygen atoms in total. The number of benzene rings is 4. The quantitative estimate of drug-likeness (QED) is 0.0269. The van der Waals surface area contributed by atoms with Crippen molar-refractivity contribution in [2.24, 2.45) is 10.8 Å². The molecule has 1 amide bonds. The van der Waals surface area contributed by atoms with Crippen molar-refractivity contribution in [1.82, 2.24) is 19.8 Å². The van der Waals surface area contributed by atoms with Gasteiger partial charge in [-0.2, -0.15) is 4.81 Å². The number of aromatic amines is 1. The fourth-order valence-electron chi connectivity index (χ4n) is 8.03. The number of amides is 1. The van der Waals surface area contributed by atoms with Gasteiger partial charge < -0.3 is 40.7 Å². The van der Waals surface area contributed by atoms with Crippen LogP contribution in [0.15, 0.2) is 102 Å².